The molecule has 7 nitrogen and oxygen atoms in total. The van der Waals surface area contributed by atoms with Crippen LogP contribution in [0, 0.1) is 0 Å². The molecule has 3 rings (SSSR count). The molecule has 27 heavy (non-hydrogen) atoms. The van der Waals surface area contributed by atoms with Crippen LogP contribution in [0.2, 0.25) is 5.02 Å². The fourth-order valence-corrected chi connectivity index (χ4v) is 3.49. The van der Waals surface area contributed by atoms with Crippen molar-refractivity contribution in [1.82, 2.24) is 14.7 Å². The Morgan fingerprint density at radius 3 is 2.22 bits per heavy atom. The van der Waals surface area contributed by atoms with Crippen molar-refractivity contribution in [2.75, 3.05) is 44.6 Å². The molecule has 0 saturated carbocycles. The average molecular weight is 393 g/mol. The fourth-order valence-electron chi connectivity index (χ4n) is 3.37. The van der Waals surface area contributed by atoms with Crippen molar-refractivity contribution >= 4 is 35.1 Å². The molecule has 1 aromatic rings. The number of amides is 4. The summed E-state index contributed by atoms with van der Waals surface area (Å²) in [7, 11) is 0. The van der Waals surface area contributed by atoms with Gasteiger partial charge in [0.15, 0.2) is 0 Å². The fraction of sp³-hybridized carbons (Fsp3) is 0.526. The highest BCUT2D eigenvalue weighted by molar-refractivity contribution is 6.30. The zero-order valence-electron chi connectivity index (χ0n) is 15.3. The highest BCUT2D eigenvalue weighted by atomic mass is 35.5. The predicted molar refractivity (Wildman–Crippen MR) is 104 cm³/mol. The third-order valence-electron chi connectivity index (χ3n) is 4.99. The van der Waals surface area contributed by atoms with Crippen molar-refractivity contribution in [1.29, 1.82) is 0 Å². The molecule has 0 radical (unpaired) electrons. The second-order valence-electron chi connectivity index (χ2n) is 6.97. The molecule has 0 atom stereocenters. The Hall–Kier alpha value is -2.28. The highest BCUT2D eigenvalue weighted by Crippen LogP contribution is 2.15. The Morgan fingerprint density at radius 1 is 0.926 bits per heavy atom. The van der Waals surface area contributed by atoms with Crippen molar-refractivity contribution in [3.63, 3.8) is 0 Å². The molecule has 0 bridgehead atoms. The Balaban J connectivity index is 1.49. The van der Waals surface area contributed by atoms with Crippen LogP contribution in [0.25, 0.3) is 0 Å². The van der Waals surface area contributed by atoms with Gasteiger partial charge in [-0.15, -0.1) is 0 Å². The number of halogens is 1. The van der Waals surface area contributed by atoms with Crippen LogP contribution in [0.15, 0.2) is 24.3 Å². The van der Waals surface area contributed by atoms with E-state index in [-0.39, 0.29) is 30.9 Å². The maximum Gasteiger partial charge on any atom is 0.322 e. The van der Waals surface area contributed by atoms with E-state index in [9.17, 15) is 14.4 Å². The number of likely N-dealkylation sites (tertiary alicyclic amines) is 1. The molecule has 0 aliphatic carbocycles. The van der Waals surface area contributed by atoms with Gasteiger partial charge in [-0.1, -0.05) is 24.4 Å². The summed E-state index contributed by atoms with van der Waals surface area (Å²) in [4.78, 5) is 42.1. The van der Waals surface area contributed by atoms with Gasteiger partial charge in [0.2, 0.25) is 11.8 Å². The van der Waals surface area contributed by atoms with Gasteiger partial charge in [0.05, 0.1) is 6.54 Å². The Kier molecular flexibility index (Phi) is 6.55. The lowest BCUT2D eigenvalue weighted by Gasteiger charge is -2.35. The lowest BCUT2D eigenvalue weighted by atomic mass is 10.2. The molecular formula is C19H25ClN4O3. The van der Waals surface area contributed by atoms with E-state index in [2.05, 4.69) is 5.32 Å². The lowest BCUT2D eigenvalue weighted by molar-refractivity contribution is -0.142. The van der Waals surface area contributed by atoms with Crippen LogP contribution in [0.4, 0.5) is 10.5 Å². The van der Waals surface area contributed by atoms with Crippen LogP contribution in [0.3, 0.4) is 0 Å². The third kappa shape index (κ3) is 5.35. The second kappa shape index (κ2) is 9.08. The molecule has 0 aromatic heterocycles. The number of piperazine rings is 1. The largest absolute Gasteiger partial charge is 0.341 e. The van der Waals surface area contributed by atoms with Crippen molar-refractivity contribution < 1.29 is 14.4 Å². The van der Waals surface area contributed by atoms with Crippen LogP contribution in [-0.4, -0.2) is 71.8 Å². The van der Waals surface area contributed by atoms with Crippen LogP contribution >= 0.6 is 11.6 Å². The number of nitrogens with zero attached hydrogens (tertiary/aromatic N) is 3. The monoisotopic (exact) mass is 392 g/mol. The normalized spacial score (nSPS) is 18.3. The summed E-state index contributed by atoms with van der Waals surface area (Å²) in [5, 5.41) is 3.34. The smallest absolute Gasteiger partial charge is 0.322 e. The summed E-state index contributed by atoms with van der Waals surface area (Å²) in [5.41, 5.74) is 0.621. The van der Waals surface area contributed by atoms with Gasteiger partial charge < -0.3 is 20.0 Å². The van der Waals surface area contributed by atoms with Crippen LogP contribution in [-0.2, 0) is 9.59 Å². The summed E-state index contributed by atoms with van der Waals surface area (Å²) in [6.07, 6.45) is 4.37. The Bertz CT molecular complexity index is 687. The lowest BCUT2D eigenvalue weighted by Crippen LogP contribution is -2.55. The molecular weight excluding hydrogens is 368 g/mol. The molecule has 0 spiro atoms. The van der Waals surface area contributed by atoms with E-state index in [1.807, 2.05) is 4.90 Å². The standard InChI is InChI=1S/C19H25ClN4O3/c20-15-5-7-16(8-6-15)21-19(27)24-12-11-23(18(26)14-24)13-17(25)22-9-3-1-2-4-10-22/h5-8H,1-4,9-14H2,(H,21,27). The van der Waals surface area contributed by atoms with Crippen molar-refractivity contribution in [2.45, 2.75) is 25.7 Å². The zero-order valence-corrected chi connectivity index (χ0v) is 16.1. The molecule has 4 amide bonds. The SMILES string of the molecule is O=C(CN1CCN(C(=O)Nc2ccc(Cl)cc2)CC1=O)N1CCCCCC1. The third-order valence-corrected chi connectivity index (χ3v) is 5.24. The van der Waals surface area contributed by atoms with E-state index < -0.39 is 0 Å². The summed E-state index contributed by atoms with van der Waals surface area (Å²) >= 11 is 5.83. The quantitative estimate of drug-likeness (QED) is 0.858. The number of urea groups is 1. The molecule has 2 aliphatic rings. The van der Waals surface area contributed by atoms with Crippen molar-refractivity contribution in [3.05, 3.63) is 29.3 Å². The first kappa shape index (κ1) is 19.5. The first-order valence-electron chi connectivity index (χ1n) is 9.40. The Labute approximate surface area is 164 Å². The topological polar surface area (TPSA) is 73.0 Å². The summed E-state index contributed by atoms with van der Waals surface area (Å²) in [5.74, 6) is -0.194. The van der Waals surface area contributed by atoms with Crippen molar-refractivity contribution in [3.8, 4) is 0 Å². The van der Waals surface area contributed by atoms with E-state index in [0.717, 1.165) is 38.8 Å². The van der Waals surface area contributed by atoms with Gasteiger partial charge in [0, 0.05) is 36.9 Å². The Morgan fingerprint density at radius 2 is 1.59 bits per heavy atom. The summed E-state index contributed by atoms with van der Waals surface area (Å²) in [6, 6.07) is 6.46. The van der Waals surface area contributed by atoms with Gasteiger partial charge >= 0.3 is 6.03 Å². The first-order chi connectivity index (χ1) is 13.0. The van der Waals surface area contributed by atoms with Gasteiger partial charge in [-0.05, 0) is 37.1 Å². The maximum absolute atomic E-state index is 12.5. The number of hydrogen-bond donors (Lipinski definition) is 1. The number of rotatable bonds is 3. The second-order valence-corrected chi connectivity index (χ2v) is 7.41. The molecule has 1 aromatic carbocycles. The van der Waals surface area contributed by atoms with E-state index >= 15 is 0 Å². The van der Waals surface area contributed by atoms with E-state index in [1.165, 1.54) is 4.90 Å². The molecule has 2 aliphatic heterocycles. The molecule has 2 fully saturated rings. The molecule has 8 heteroatoms. The van der Waals surface area contributed by atoms with Crippen LogP contribution in [0.1, 0.15) is 25.7 Å². The van der Waals surface area contributed by atoms with E-state index in [0.29, 0.717) is 23.8 Å². The molecule has 0 unspecified atom stereocenters. The summed E-state index contributed by atoms with van der Waals surface area (Å²) in [6.45, 7) is 2.40. The predicted octanol–water partition coefficient (Wildman–Crippen LogP) is 2.42. The van der Waals surface area contributed by atoms with Gasteiger partial charge in [-0.2, -0.15) is 0 Å². The number of benzene rings is 1. The minimum absolute atomic E-state index is 0.00400. The van der Waals surface area contributed by atoms with E-state index in [4.69, 9.17) is 11.6 Å². The van der Waals surface area contributed by atoms with Gasteiger partial charge in [-0.25, -0.2) is 4.79 Å². The molecule has 146 valence electrons. The number of carbonyl (C=O) groups is 3. The average Bonchev–Trinajstić information content (AvgIpc) is 2.94. The summed E-state index contributed by atoms with van der Waals surface area (Å²) < 4.78 is 0. The number of carbonyl (C=O) groups excluding carboxylic acids is 3. The van der Waals surface area contributed by atoms with Gasteiger partial charge in [-0.3, -0.25) is 9.59 Å². The van der Waals surface area contributed by atoms with E-state index in [1.54, 1.807) is 29.2 Å². The number of hydrogen-bond acceptors (Lipinski definition) is 3. The maximum atomic E-state index is 12.5. The van der Waals surface area contributed by atoms with Crippen LogP contribution < -0.4 is 5.32 Å². The molecule has 1 N–H and O–H groups in total. The molecule has 2 heterocycles. The number of anilines is 1. The zero-order chi connectivity index (χ0) is 19.2. The highest BCUT2D eigenvalue weighted by Gasteiger charge is 2.29. The van der Waals surface area contributed by atoms with Crippen molar-refractivity contribution in [2.24, 2.45) is 0 Å². The minimum Gasteiger partial charge on any atom is -0.341 e. The first-order valence-corrected chi connectivity index (χ1v) is 9.78. The van der Waals surface area contributed by atoms with Gasteiger partial charge in [0.25, 0.3) is 0 Å². The number of nitrogens with one attached hydrogen (secondary N) is 1. The molecule has 2 saturated heterocycles. The minimum atomic E-state index is -0.329. The van der Waals surface area contributed by atoms with Gasteiger partial charge in [0.1, 0.15) is 6.54 Å². The van der Waals surface area contributed by atoms with Crippen LogP contribution in [0.5, 0.6) is 0 Å².